The lowest BCUT2D eigenvalue weighted by Crippen LogP contribution is -2.31. The van der Waals surface area contributed by atoms with Crippen LogP contribution < -0.4 is 0 Å². The predicted octanol–water partition coefficient (Wildman–Crippen LogP) is 4.65. The molecule has 0 saturated heterocycles. The van der Waals surface area contributed by atoms with Crippen LogP contribution in [0.4, 0.5) is 0 Å². The molecule has 0 aliphatic rings. The Morgan fingerprint density at radius 1 is 0.905 bits per heavy atom. The van der Waals surface area contributed by atoms with Crippen LogP contribution in [-0.2, 0) is 9.53 Å². The number of carbonyl (C=O) groups excluding carboxylic acids is 1. The molecular formula is C18H37NO2. The van der Waals surface area contributed by atoms with Crippen molar-refractivity contribution < 1.29 is 9.53 Å². The highest BCUT2D eigenvalue weighted by atomic mass is 16.5. The fourth-order valence-corrected chi connectivity index (χ4v) is 2.47. The van der Waals surface area contributed by atoms with Crippen molar-refractivity contribution in [1.82, 2.24) is 4.90 Å². The molecule has 0 aromatic rings. The molecular weight excluding hydrogens is 262 g/mol. The van der Waals surface area contributed by atoms with E-state index in [0.29, 0.717) is 6.61 Å². The summed E-state index contributed by atoms with van der Waals surface area (Å²) in [7, 11) is 0. The Morgan fingerprint density at radius 2 is 1.48 bits per heavy atom. The molecule has 1 atom stereocenters. The van der Waals surface area contributed by atoms with Crippen LogP contribution in [0.3, 0.4) is 0 Å². The fourth-order valence-electron chi connectivity index (χ4n) is 2.47. The predicted molar refractivity (Wildman–Crippen MR) is 90.5 cm³/mol. The second kappa shape index (κ2) is 14.4. The van der Waals surface area contributed by atoms with Crippen molar-refractivity contribution in [2.75, 3.05) is 26.2 Å². The molecule has 1 unspecified atom stereocenters. The Balaban J connectivity index is 3.94. The van der Waals surface area contributed by atoms with Gasteiger partial charge in [-0.25, -0.2) is 0 Å². The van der Waals surface area contributed by atoms with Gasteiger partial charge in [-0.05, 0) is 32.4 Å². The van der Waals surface area contributed by atoms with Gasteiger partial charge < -0.3 is 4.74 Å². The van der Waals surface area contributed by atoms with Gasteiger partial charge in [0.05, 0.1) is 5.92 Å². The molecule has 0 radical (unpaired) electrons. The van der Waals surface area contributed by atoms with E-state index in [1.807, 2.05) is 6.92 Å². The third kappa shape index (κ3) is 11.7. The first kappa shape index (κ1) is 20.4. The summed E-state index contributed by atoms with van der Waals surface area (Å²) in [6, 6.07) is 0. The molecule has 0 heterocycles. The van der Waals surface area contributed by atoms with Crippen LogP contribution in [0.5, 0.6) is 0 Å². The van der Waals surface area contributed by atoms with E-state index in [0.717, 1.165) is 32.5 Å². The summed E-state index contributed by atoms with van der Waals surface area (Å²) in [5, 5.41) is 0. The number of ether oxygens (including phenoxy) is 1. The number of rotatable bonds is 14. The first-order valence-corrected chi connectivity index (χ1v) is 9.04. The topological polar surface area (TPSA) is 29.5 Å². The highest BCUT2D eigenvalue weighted by Gasteiger charge is 2.13. The first-order chi connectivity index (χ1) is 10.2. The Kier molecular flexibility index (Phi) is 14.0. The lowest BCUT2D eigenvalue weighted by molar-refractivity contribution is -0.148. The molecule has 0 amide bonds. The van der Waals surface area contributed by atoms with E-state index in [9.17, 15) is 4.79 Å². The Bertz CT molecular complexity index is 233. The molecule has 3 nitrogen and oxygen atoms in total. The molecule has 0 aromatic heterocycles. The van der Waals surface area contributed by atoms with Crippen LogP contribution >= 0.6 is 0 Å². The van der Waals surface area contributed by atoms with Gasteiger partial charge in [0, 0.05) is 6.54 Å². The minimum Gasteiger partial charge on any atom is -0.464 e. The van der Waals surface area contributed by atoms with Crippen LogP contribution in [0.2, 0.25) is 0 Å². The van der Waals surface area contributed by atoms with Gasteiger partial charge in [0.2, 0.25) is 0 Å². The highest BCUT2D eigenvalue weighted by molar-refractivity contribution is 5.71. The van der Waals surface area contributed by atoms with Crippen LogP contribution in [0.25, 0.3) is 0 Å². The summed E-state index contributed by atoms with van der Waals surface area (Å²) in [6.45, 7) is 12.2. The van der Waals surface area contributed by atoms with E-state index >= 15 is 0 Å². The zero-order valence-corrected chi connectivity index (χ0v) is 14.8. The number of hydrogen-bond acceptors (Lipinski definition) is 3. The van der Waals surface area contributed by atoms with Gasteiger partial charge in [-0.1, -0.05) is 59.8 Å². The van der Waals surface area contributed by atoms with Gasteiger partial charge in [0.25, 0.3) is 0 Å². The molecule has 0 aliphatic heterocycles. The Labute approximate surface area is 132 Å². The monoisotopic (exact) mass is 299 g/mol. The summed E-state index contributed by atoms with van der Waals surface area (Å²) >= 11 is 0. The van der Waals surface area contributed by atoms with E-state index in [-0.39, 0.29) is 11.9 Å². The van der Waals surface area contributed by atoms with Crippen LogP contribution in [0.1, 0.15) is 79.1 Å². The van der Waals surface area contributed by atoms with E-state index in [4.69, 9.17) is 4.74 Å². The number of unbranched alkanes of at least 4 members (excludes halogenated alkanes) is 4. The van der Waals surface area contributed by atoms with E-state index in [2.05, 4.69) is 25.7 Å². The Morgan fingerprint density at radius 3 is 1.95 bits per heavy atom. The molecule has 0 N–H and O–H groups in total. The largest absolute Gasteiger partial charge is 0.464 e. The van der Waals surface area contributed by atoms with Crippen molar-refractivity contribution in [3.63, 3.8) is 0 Å². The van der Waals surface area contributed by atoms with Gasteiger partial charge >= 0.3 is 5.97 Å². The Hall–Kier alpha value is -0.570. The molecule has 0 spiro atoms. The SMILES string of the molecule is CCCCCN(CCCCC)CCOC(=O)C(C)CCC. The summed E-state index contributed by atoms with van der Waals surface area (Å²) in [5.74, 6) is 0.0162. The van der Waals surface area contributed by atoms with Gasteiger partial charge in [-0.15, -0.1) is 0 Å². The van der Waals surface area contributed by atoms with E-state index in [1.165, 1.54) is 38.5 Å². The van der Waals surface area contributed by atoms with Crippen molar-refractivity contribution in [2.24, 2.45) is 5.92 Å². The lowest BCUT2D eigenvalue weighted by Gasteiger charge is -2.22. The number of carbonyl (C=O) groups is 1. The van der Waals surface area contributed by atoms with Gasteiger partial charge in [0.1, 0.15) is 6.61 Å². The summed E-state index contributed by atoms with van der Waals surface area (Å²) < 4.78 is 5.42. The maximum Gasteiger partial charge on any atom is 0.308 e. The van der Waals surface area contributed by atoms with Crippen molar-refractivity contribution in [1.29, 1.82) is 0 Å². The standard InChI is InChI=1S/C18H37NO2/c1-5-8-10-13-19(14-11-9-6-2)15-16-21-18(20)17(4)12-7-3/h17H,5-16H2,1-4H3. The van der Waals surface area contributed by atoms with Crippen LogP contribution in [0, 0.1) is 5.92 Å². The molecule has 0 fully saturated rings. The average Bonchev–Trinajstić information content (AvgIpc) is 2.47. The van der Waals surface area contributed by atoms with Crippen molar-refractivity contribution in [3.05, 3.63) is 0 Å². The molecule has 3 heteroatoms. The summed E-state index contributed by atoms with van der Waals surface area (Å²) in [4.78, 5) is 14.3. The summed E-state index contributed by atoms with van der Waals surface area (Å²) in [6.07, 6.45) is 9.56. The molecule has 0 saturated carbocycles. The van der Waals surface area contributed by atoms with Crippen LogP contribution in [0.15, 0.2) is 0 Å². The number of esters is 1. The number of hydrogen-bond donors (Lipinski definition) is 0. The van der Waals surface area contributed by atoms with Crippen molar-refractivity contribution >= 4 is 5.97 Å². The molecule has 0 aliphatic carbocycles. The lowest BCUT2D eigenvalue weighted by atomic mass is 10.1. The van der Waals surface area contributed by atoms with Crippen molar-refractivity contribution in [3.8, 4) is 0 Å². The highest BCUT2D eigenvalue weighted by Crippen LogP contribution is 2.07. The third-order valence-electron chi connectivity index (χ3n) is 3.93. The average molecular weight is 299 g/mol. The molecule has 0 rings (SSSR count). The summed E-state index contributed by atoms with van der Waals surface area (Å²) in [5.41, 5.74) is 0. The number of nitrogens with zero attached hydrogens (tertiary/aromatic N) is 1. The maximum absolute atomic E-state index is 11.8. The van der Waals surface area contributed by atoms with Gasteiger partial charge in [-0.3, -0.25) is 9.69 Å². The van der Waals surface area contributed by atoms with Gasteiger partial charge in [-0.2, -0.15) is 0 Å². The zero-order chi connectivity index (χ0) is 15.9. The smallest absolute Gasteiger partial charge is 0.308 e. The second-order valence-corrected chi connectivity index (χ2v) is 6.11. The molecule has 0 bridgehead atoms. The fraction of sp³-hybridized carbons (Fsp3) is 0.944. The van der Waals surface area contributed by atoms with Gasteiger partial charge in [0.15, 0.2) is 0 Å². The van der Waals surface area contributed by atoms with E-state index < -0.39 is 0 Å². The maximum atomic E-state index is 11.8. The minimum absolute atomic E-state index is 0.0288. The van der Waals surface area contributed by atoms with Crippen molar-refractivity contribution in [2.45, 2.75) is 79.1 Å². The molecule has 21 heavy (non-hydrogen) atoms. The second-order valence-electron chi connectivity index (χ2n) is 6.11. The molecule has 126 valence electrons. The first-order valence-electron chi connectivity index (χ1n) is 9.04. The molecule has 0 aromatic carbocycles. The van der Waals surface area contributed by atoms with E-state index in [1.54, 1.807) is 0 Å². The zero-order valence-electron chi connectivity index (χ0n) is 14.8. The minimum atomic E-state index is -0.0288. The van der Waals surface area contributed by atoms with Crippen LogP contribution in [-0.4, -0.2) is 37.1 Å². The quantitative estimate of drug-likeness (QED) is 0.345. The normalized spacial score (nSPS) is 12.6. The third-order valence-corrected chi connectivity index (χ3v) is 3.93.